The fourth-order valence-electron chi connectivity index (χ4n) is 1.84. The van der Waals surface area contributed by atoms with Crippen molar-refractivity contribution in [2.75, 3.05) is 7.11 Å². The van der Waals surface area contributed by atoms with E-state index in [4.69, 9.17) is 9.47 Å². The van der Waals surface area contributed by atoms with Crippen LogP contribution in [0.2, 0.25) is 0 Å². The third-order valence-corrected chi connectivity index (χ3v) is 3.52. The van der Waals surface area contributed by atoms with Crippen LogP contribution >= 0.6 is 11.3 Å². The number of aromatic nitrogens is 1. The molecule has 0 aliphatic heterocycles. The van der Waals surface area contributed by atoms with Crippen LogP contribution in [0.3, 0.4) is 0 Å². The third-order valence-electron chi connectivity index (χ3n) is 2.80. The number of thiazole rings is 1. The van der Waals surface area contributed by atoms with E-state index in [0.717, 1.165) is 11.3 Å². The summed E-state index contributed by atoms with van der Waals surface area (Å²) in [5.41, 5.74) is 1.14. The molecule has 2 aromatic rings. The van der Waals surface area contributed by atoms with Gasteiger partial charge >= 0.3 is 4.87 Å². The van der Waals surface area contributed by atoms with Crippen LogP contribution in [0.15, 0.2) is 28.4 Å². The SMILES string of the molecule is COc1cc(C(=O)NCc2csc(=O)[nH]2)ccc1OC(C)C. The first-order valence-electron chi connectivity index (χ1n) is 6.79. The Balaban J connectivity index is 2.07. The van der Waals surface area contributed by atoms with Gasteiger partial charge in [-0.05, 0) is 32.0 Å². The normalized spacial score (nSPS) is 10.5. The number of amides is 1. The second-order valence-corrected chi connectivity index (χ2v) is 5.73. The molecule has 0 saturated heterocycles. The maximum Gasteiger partial charge on any atom is 0.304 e. The highest BCUT2D eigenvalue weighted by atomic mass is 32.1. The minimum Gasteiger partial charge on any atom is -0.493 e. The van der Waals surface area contributed by atoms with Crippen LogP contribution in [0.5, 0.6) is 11.5 Å². The molecule has 7 heteroatoms. The molecule has 1 amide bonds. The molecule has 0 fully saturated rings. The van der Waals surface area contributed by atoms with Crippen LogP contribution in [0, 0.1) is 0 Å². The zero-order valence-electron chi connectivity index (χ0n) is 12.6. The summed E-state index contributed by atoms with van der Waals surface area (Å²) in [6.07, 6.45) is 0.0176. The Labute approximate surface area is 132 Å². The number of methoxy groups -OCH3 is 1. The Bertz CT molecular complexity index is 706. The first kappa shape index (κ1) is 16.1. The molecule has 0 spiro atoms. The van der Waals surface area contributed by atoms with Crippen molar-refractivity contribution >= 4 is 17.2 Å². The fourth-order valence-corrected chi connectivity index (χ4v) is 2.42. The maximum atomic E-state index is 12.1. The van der Waals surface area contributed by atoms with Crippen LogP contribution < -0.4 is 19.7 Å². The van der Waals surface area contributed by atoms with Gasteiger partial charge in [-0.2, -0.15) is 0 Å². The minimum atomic E-state index is -0.249. The van der Waals surface area contributed by atoms with Crippen molar-refractivity contribution in [2.45, 2.75) is 26.5 Å². The van der Waals surface area contributed by atoms with Gasteiger partial charge in [-0.3, -0.25) is 9.59 Å². The van der Waals surface area contributed by atoms with E-state index in [1.165, 1.54) is 7.11 Å². The van der Waals surface area contributed by atoms with Crippen molar-refractivity contribution in [1.82, 2.24) is 10.3 Å². The van der Waals surface area contributed by atoms with E-state index in [-0.39, 0.29) is 23.4 Å². The van der Waals surface area contributed by atoms with Crippen LogP contribution in [0.4, 0.5) is 0 Å². The molecule has 1 heterocycles. The molecule has 22 heavy (non-hydrogen) atoms. The van der Waals surface area contributed by atoms with E-state index in [2.05, 4.69) is 10.3 Å². The summed E-state index contributed by atoms with van der Waals surface area (Å²) in [7, 11) is 1.53. The van der Waals surface area contributed by atoms with Gasteiger partial charge < -0.3 is 19.8 Å². The topological polar surface area (TPSA) is 80.4 Å². The zero-order chi connectivity index (χ0) is 16.1. The molecule has 0 aliphatic carbocycles. The van der Waals surface area contributed by atoms with Crippen molar-refractivity contribution in [2.24, 2.45) is 0 Å². The number of aromatic amines is 1. The lowest BCUT2D eigenvalue weighted by atomic mass is 10.2. The Hall–Kier alpha value is -2.28. The molecular weight excluding hydrogens is 304 g/mol. The average molecular weight is 322 g/mol. The Kier molecular flexibility index (Phi) is 5.21. The number of ether oxygens (including phenoxy) is 2. The Morgan fingerprint density at radius 1 is 1.36 bits per heavy atom. The van der Waals surface area contributed by atoms with Crippen molar-refractivity contribution in [3.63, 3.8) is 0 Å². The van der Waals surface area contributed by atoms with Crippen LogP contribution in [0.25, 0.3) is 0 Å². The van der Waals surface area contributed by atoms with Gasteiger partial charge in [0.2, 0.25) is 0 Å². The van der Waals surface area contributed by atoms with Crippen molar-refractivity contribution in [3.05, 3.63) is 44.5 Å². The second-order valence-electron chi connectivity index (χ2n) is 4.89. The minimum absolute atomic E-state index is 0.0176. The first-order chi connectivity index (χ1) is 10.5. The molecule has 1 aromatic heterocycles. The van der Waals surface area contributed by atoms with Gasteiger partial charge in [0.1, 0.15) is 0 Å². The van der Waals surface area contributed by atoms with E-state index in [0.29, 0.717) is 22.8 Å². The molecule has 2 rings (SSSR count). The molecule has 0 bridgehead atoms. The summed E-state index contributed by atoms with van der Waals surface area (Å²) in [5, 5.41) is 4.42. The predicted molar refractivity (Wildman–Crippen MR) is 84.9 cm³/mol. The lowest BCUT2D eigenvalue weighted by Gasteiger charge is -2.14. The van der Waals surface area contributed by atoms with Crippen LogP contribution in [0.1, 0.15) is 29.9 Å². The highest BCUT2D eigenvalue weighted by Crippen LogP contribution is 2.28. The van der Waals surface area contributed by atoms with Gasteiger partial charge in [-0.15, -0.1) is 0 Å². The number of H-pyrrole nitrogens is 1. The standard InChI is InChI=1S/C15H18N2O4S/c1-9(2)21-12-5-4-10(6-13(12)20-3)14(18)16-7-11-8-22-15(19)17-11/h4-6,8-9H,7H2,1-3H3,(H,16,18)(H,17,19). The lowest BCUT2D eigenvalue weighted by molar-refractivity contribution is 0.0950. The summed E-state index contributed by atoms with van der Waals surface area (Å²) < 4.78 is 10.9. The molecule has 118 valence electrons. The molecule has 6 nitrogen and oxygen atoms in total. The summed E-state index contributed by atoms with van der Waals surface area (Å²) >= 11 is 1.07. The summed E-state index contributed by atoms with van der Waals surface area (Å²) in [6, 6.07) is 5.01. The van der Waals surface area contributed by atoms with Crippen molar-refractivity contribution in [1.29, 1.82) is 0 Å². The number of nitrogens with one attached hydrogen (secondary N) is 2. The van der Waals surface area contributed by atoms with Gasteiger partial charge in [0.25, 0.3) is 5.91 Å². The highest BCUT2D eigenvalue weighted by molar-refractivity contribution is 7.07. The second kappa shape index (κ2) is 7.13. The molecule has 0 atom stereocenters. The predicted octanol–water partition coefficient (Wildman–Crippen LogP) is 2.16. The van der Waals surface area contributed by atoms with Crippen molar-refractivity contribution < 1.29 is 14.3 Å². The summed E-state index contributed by atoms with van der Waals surface area (Å²) in [6.45, 7) is 4.10. The van der Waals surface area contributed by atoms with Gasteiger partial charge in [0.05, 0.1) is 19.8 Å². The number of benzene rings is 1. The molecular formula is C15H18N2O4S. The van der Waals surface area contributed by atoms with Crippen molar-refractivity contribution in [3.8, 4) is 11.5 Å². The zero-order valence-corrected chi connectivity index (χ0v) is 13.5. The van der Waals surface area contributed by atoms with E-state index in [1.807, 2.05) is 13.8 Å². The molecule has 0 radical (unpaired) electrons. The average Bonchev–Trinajstić information content (AvgIpc) is 2.90. The molecule has 2 N–H and O–H groups in total. The van der Waals surface area contributed by atoms with Gasteiger partial charge in [0.15, 0.2) is 11.5 Å². The lowest BCUT2D eigenvalue weighted by Crippen LogP contribution is -2.23. The van der Waals surface area contributed by atoms with E-state index < -0.39 is 0 Å². The van der Waals surface area contributed by atoms with Crippen LogP contribution in [-0.4, -0.2) is 24.1 Å². The largest absolute Gasteiger partial charge is 0.493 e. The maximum absolute atomic E-state index is 12.1. The number of carbonyl (C=O) groups is 1. The van der Waals surface area contributed by atoms with E-state index >= 15 is 0 Å². The monoisotopic (exact) mass is 322 g/mol. The number of rotatable bonds is 6. The Morgan fingerprint density at radius 3 is 2.73 bits per heavy atom. The molecule has 0 saturated carbocycles. The highest BCUT2D eigenvalue weighted by Gasteiger charge is 2.12. The number of hydrogen-bond donors (Lipinski definition) is 2. The fraction of sp³-hybridized carbons (Fsp3) is 0.333. The summed E-state index contributed by atoms with van der Waals surface area (Å²) in [4.78, 5) is 25.7. The van der Waals surface area contributed by atoms with Gasteiger partial charge in [-0.25, -0.2) is 0 Å². The van der Waals surface area contributed by atoms with Gasteiger partial charge in [-0.1, -0.05) is 11.3 Å². The molecule has 0 unspecified atom stereocenters. The number of carbonyl (C=O) groups excluding carboxylic acids is 1. The van der Waals surface area contributed by atoms with Gasteiger partial charge in [0, 0.05) is 16.6 Å². The third kappa shape index (κ3) is 4.11. The molecule has 1 aromatic carbocycles. The smallest absolute Gasteiger partial charge is 0.304 e. The quantitative estimate of drug-likeness (QED) is 0.854. The van der Waals surface area contributed by atoms with E-state index in [9.17, 15) is 9.59 Å². The number of hydrogen-bond acceptors (Lipinski definition) is 5. The first-order valence-corrected chi connectivity index (χ1v) is 7.67. The summed E-state index contributed by atoms with van der Waals surface area (Å²) in [5.74, 6) is 0.850. The van der Waals surface area contributed by atoms with E-state index in [1.54, 1.807) is 23.6 Å². The van der Waals surface area contributed by atoms with Crippen LogP contribution in [-0.2, 0) is 6.54 Å². The Morgan fingerprint density at radius 2 is 2.14 bits per heavy atom. The molecule has 0 aliphatic rings.